The topological polar surface area (TPSA) is 119 Å². The number of nitro groups is 1. The first kappa shape index (κ1) is 15.4. The maximum atomic E-state index is 11.8. The molecule has 8 heteroatoms. The van der Waals surface area contributed by atoms with Gasteiger partial charge in [-0.2, -0.15) is 0 Å². The molecule has 1 atom stereocenters. The Morgan fingerprint density at radius 3 is 2.65 bits per heavy atom. The standard InChI is InChI=1S/C12H14N2O6/c1-7(5-11(15)16)13-12(17)8-3-4-10(20-2)9(6-8)14(18)19/h3-4,6-7H,5H2,1-2H3,(H,13,17)(H,15,16). The van der Waals surface area contributed by atoms with E-state index in [9.17, 15) is 19.7 Å². The van der Waals surface area contributed by atoms with Crippen molar-refractivity contribution in [3.8, 4) is 5.75 Å². The lowest BCUT2D eigenvalue weighted by Gasteiger charge is -2.11. The van der Waals surface area contributed by atoms with E-state index in [1.165, 1.54) is 26.2 Å². The van der Waals surface area contributed by atoms with Crippen LogP contribution >= 0.6 is 0 Å². The van der Waals surface area contributed by atoms with Gasteiger partial charge in [0.25, 0.3) is 5.91 Å². The SMILES string of the molecule is COc1ccc(C(=O)NC(C)CC(=O)O)cc1[N+](=O)[O-]. The zero-order valence-electron chi connectivity index (χ0n) is 11.0. The highest BCUT2D eigenvalue weighted by Crippen LogP contribution is 2.27. The molecule has 0 aromatic heterocycles. The predicted octanol–water partition coefficient (Wildman–Crippen LogP) is 1.20. The Hall–Kier alpha value is -2.64. The van der Waals surface area contributed by atoms with Crippen LogP contribution in [0.4, 0.5) is 5.69 Å². The first-order valence-corrected chi connectivity index (χ1v) is 5.70. The van der Waals surface area contributed by atoms with Crippen LogP contribution in [0.1, 0.15) is 23.7 Å². The number of ether oxygens (including phenoxy) is 1. The molecule has 0 bridgehead atoms. The van der Waals surface area contributed by atoms with E-state index in [1.54, 1.807) is 0 Å². The van der Waals surface area contributed by atoms with Gasteiger partial charge in [0.2, 0.25) is 0 Å². The fraction of sp³-hybridized carbons (Fsp3) is 0.333. The lowest BCUT2D eigenvalue weighted by atomic mass is 10.1. The maximum Gasteiger partial charge on any atom is 0.311 e. The van der Waals surface area contributed by atoms with Crippen molar-refractivity contribution in [1.82, 2.24) is 5.32 Å². The van der Waals surface area contributed by atoms with Crippen molar-refractivity contribution in [1.29, 1.82) is 0 Å². The Labute approximate surface area is 114 Å². The van der Waals surface area contributed by atoms with Crippen LogP contribution in [0, 0.1) is 10.1 Å². The molecule has 1 aromatic carbocycles. The van der Waals surface area contributed by atoms with Gasteiger partial charge in [0.05, 0.1) is 18.5 Å². The van der Waals surface area contributed by atoms with E-state index in [4.69, 9.17) is 9.84 Å². The number of hydrogen-bond acceptors (Lipinski definition) is 5. The van der Waals surface area contributed by atoms with Crippen LogP contribution < -0.4 is 10.1 Å². The number of carboxylic acids is 1. The van der Waals surface area contributed by atoms with Crippen LogP contribution in [-0.2, 0) is 4.79 Å². The Morgan fingerprint density at radius 1 is 1.50 bits per heavy atom. The molecule has 0 fully saturated rings. The molecule has 0 aliphatic carbocycles. The summed E-state index contributed by atoms with van der Waals surface area (Å²) in [5.74, 6) is -1.58. The lowest BCUT2D eigenvalue weighted by molar-refractivity contribution is -0.385. The molecule has 0 radical (unpaired) electrons. The smallest absolute Gasteiger partial charge is 0.311 e. The van der Waals surface area contributed by atoms with Crippen LogP contribution in [0.3, 0.4) is 0 Å². The lowest BCUT2D eigenvalue weighted by Crippen LogP contribution is -2.34. The van der Waals surface area contributed by atoms with E-state index < -0.39 is 22.8 Å². The molecule has 1 rings (SSSR count). The molecule has 8 nitrogen and oxygen atoms in total. The highest BCUT2D eigenvalue weighted by Gasteiger charge is 2.19. The van der Waals surface area contributed by atoms with Gasteiger partial charge < -0.3 is 15.2 Å². The van der Waals surface area contributed by atoms with Crippen molar-refractivity contribution in [3.05, 3.63) is 33.9 Å². The van der Waals surface area contributed by atoms with Gasteiger partial charge in [-0.3, -0.25) is 19.7 Å². The van der Waals surface area contributed by atoms with Gasteiger partial charge in [0.15, 0.2) is 5.75 Å². The fourth-order valence-corrected chi connectivity index (χ4v) is 1.59. The van der Waals surface area contributed by atoms with Crippen molar-refractivity contribution in [2.24, 2.45) is 0 Å². The summed E-state index contributed by atoms with van der Waals surface area (Å²) in [6.45, 7) is 1.53. The molecule has 0 aliphatic rings. The summed E-state index contributed by atoms with van der Waals surface area (Å²) in [6, 6.07) is 3.19. The first-order chi connectivity index (χ1) is 9.35. The van der Waals surface area contributed by atoms with Crippen molar-refractivity contribution >= 4 is 17.6 Å². The summed E-state index contributed by atoms with van der Waals surface area (Å²) in [5.41, 5.74) is -0.263. The maximum absolute atomic E-state index is 11.8. The number of carbonyl (C=O) groups is 2. The zero-order valence-corrected chi connectivity index (χ0v) is 11.0. The van der Waals surface area contributed by atoms with Gasteiger partial charge in [0, 0.05) is 17.7 Å². The normalized spacial score (nSPS) is 11.5. The number of methoxy groups -OCH3 is 1. The van der Waals surface area contributed by atoms with E-state index in [2.05, 4.69) is 5.32 Å². The minimum Gasteiger partial charge on any atom is -0.490 e. The van der Waals surface area contributed by atoms with Crippen LogP contribution in [0.25, 0.3) is 0 Å². The van der Waals surface area contributed by atoms with Crippen molar-refractivity contribution in [3.63, 3.8) is 0 Å². The van der Waals surface area contributed by atoms with Crippen LogP contribution in [0.5, 0.6) is 5.75 Å². The largest absolute Gasteiger partial charge is 0.490 e. The second kappa shape index (κ2) is 6.50. The van der Waals surface area contributed by atoms with E-state index in [0.29, 0.717) is 0 Å². The molecule has 1 unspecified atom stereocenters. The number of carbonyl (C=O) groups excluding carboxylic acids is 1. The minimum absolute atomic E-state index is 0.0464. The first-order valence-electron chi connectivity index (χ1n) is 5.70. The number of aliphatic carboxylic acids is 1. The van der Waals surface area contributed by atoms with Crippen molar-refractivity contribution in [2.45, 2.75) is 19.4 Å². The third kappa shape index (κ3) is 3.94. The van der Waals surface area contributed by atoms with Crippen LogP contribution in [0.2, 0.25) is 0 Å². The minimum atomic E-state index is -1.04. The van der Waals surface area contributed by atoms with E-state index in [0.717, 1.165) is 6.07 Å². The van der Waals surface area contributed by atoms with Gasteiger partial charge in [-0.1, -0.05) is 0 Å². The number of carboxylic acid groups (broad SMARTS) is 1. The van der Waals surface area contributed by atoms with Gasteiger partial charge in [-0.25, -0.2) is 0 Å². The second-order valence-electron chi connectivity index (χ2n) is 4.12. The number of nitro benzene ring substituents is 1. The Morgan fingerprint density at radius 2 is 2.15 bits per heavy atom. The van der Waals surface area contributed by atoms with Crippen molar-refractivity contribution < 1.29 is 24.4 Å². The molecular weight excluding hydrogens is 268 g/mol. The molecule has 0 aliphatic heterocycles. The molecule has 0 saturated carbocycles. The molecule has 108 valence electrons. The third-order valence-corrected chi connectivity index (χ3v) is 2.50. The molecule has 1 amide bonds. The molecule has 0 spiro atoms. The van der Waals surface area contributed by atoms with Gasteiger partial charge in [0.1, 0.15) is 0 Å². The summed E-state index contributed by atoms with van der Waals surface area (Å²) in [5, 5.41) is 21.9. The van der Waals surface area contributed by atoms with Crippen molar-refractivity contribution in [2.75, 3.05) is 7.11 Å². The summed E-state index contributed by atoms with van der Waals surface area (Å²) in [7, 11) is 1.29. The number of benzene rings is 1. The molecule has 20 heavy (non-hydrogen) atoms. The monoisotopic (exact) mass is 282 g/mol. The number of amides is 1. The average Bonchev–Trinajstić information content (AvgIpc) is 2.36. The fourth-order valence-electron chi connectivity index (χ4n) is 1.59. The Balaban J connectivity index is 2.91. The Kier molecular flexibility index (Phi) is 5.01. The van der Waals surface area contributed by atoms with E-state index in [-0.39, 0.29) is 23.4 Å². The summed E-state index contributed by atoms with van der Waals surface area (Å²) in [6.07, 6.45) is -0.232. The highest BCUT2D eigenvalue weighted by atomic mass is 16.6. The van der Waals surface area contributed by atoms with Crippen LogP contribution in [0.15, 0.2) is 18.2 Å². The molecule has 1 aromatic rings. The second-order valence-corrected chi connectivity index (χ2v) is 4.12. The van der Waals surface area contributed by atoms with Gasteiger partial charge in [-0.15, -0.1) is 0 Å². The summed E-state index contributed by atoms with van der Waals surface area (Å²) < 4.78 is 4.82. The molecular formula is C12H14N2O6. The number of nitrogens with zero attached hydrogens (tertiary/aromatic N) is 1. The number of hydrogen-bond donors (Lipinski definition) is 2. The molecule has 0 saturated heterocycles. The molecule has 2 N–H and O–H groups in total. The third-order valence-electron chi connectivity index (χ3n) is 2.50. The van der Waals surface area contributed by atoms with Crippen LogP contribution in [-0.4, -0.2) is 35.1 Å². The number of rotatable bonds is 6. The van der Waals surface area contributed by atoms with Gasteiger partial charge in [-0.05, 0) is 19.1 Å². The average molecular weight is 282 g/mol. The summed E-state index contributed by atoms with van der Waals surface area (Å²) in [4.78, 5) is 32.5. The highest BCUT2D eigenvalue weighted by molar-refractivity contribution is 5.95. The van der Waals surface area contributed by atoms with Gasteiger partial charge >= 0.3 is 11.7 Å². The predicted molar refractivity (Wildman–Crippen MR) is 68.8 cm³/mol. The zero-order chi connectivity index (χ0) is 15.3. The molecule has 0 heterocycles. The number of nitrogens with one attached hydrogen (secondary N) is 1. The quantitative estimate of drug-likeness (QED) is 0.597. The summed E-state index contributed by atoms with van der Waals surface area (Å²) >= 11 is 0. The Bertz CT molecular complexity index is 543. The van der Waals surface area contributed by atoms with E-state index in [1.807, 2.05) is 0 Å². The van der Waals surface area contributed by atoms with E-state index >= 15 is 0 Å².